The van der Waals surface area contributed by atoms with Gasteiger partial charge in [0.15, 0.2) is 0 Å². The van der Waals surface area contributed by atoms with E-state index in [0.29, 0.717) is 15.6 Å². The van der Waals surface area contributed by atoms with Crippen molar-refractivity contribution in [1.29, 1.82) is 0 Å². The molecule has 0 unspecified atom stereocenters. The number of rotatable bonds is 0. The molecule has 2 amide bonds. The predicted octanol–water partition coefficient (Wildman–Crippen LogP) is 1.98. The maximum absolute atomic E-state index is 12.1. The van der Waals surface area contributed by atoms with Crippen LogP contribution in [0.2, 0.25) is 0 Å². The third kappa shape index (κ3) is 1.44. The van der Waals surface area contributed by atoms with Crippen molar-refractivity contribution < 1.29 is 14.3 Å². The molecule has 0 atom stereocenters. The van der Waals surface area contributed by atoms with Crippen molar-refractivity contribution in [3.63, 3.8) is 0 Å². The second-order valence-electron chi connectivity index (χ2n) is 3.71. The minimum atomic E-state index is -0.801. The van der Waals surface area contributed by atoms with Crippen LogP contribution >= 0.6 is 15.9 Å². The minimum Gasteiger partial charge on any atom is -0.618 e. The molecule has 0 saturated carbocycles. The highest BCUT2D eigenvalue weighted by Gasteiger charge is 2.32. The number of fused-ring (bicyclic) bond motifs is 2. The molecule has 7 heteroatoms. The Balaban J connectivity index is 2.46. The second kappa shape index (κ2) is 3.67. The summed E-state index contributed by atoms with van der Waals surface area (Å²) in [5.74, 6) is -1.49. The summed E-state index contributed by atoms with van der Waals surface area (Å²) >= 11 is 3.27. The van der Waals surface area contributed by atoms with Crippen LogP contribution in [-0.4, -0.2) is 11.8 Å². The third-order valence-corrected chi connectivity index (χ3v) is 3.12. The van der Waals surface area contributed by atoms with Gasteiger partial charge in [-0.05, 0) is 18.2 Å². The van der Waals surface area contributed by atoms with Gasteiger partial charge >= 0.3 is 11.8 Å². The first kappa shape index (κ1) is 11.0. The third-order valence-electron chi connectivity index (χ3n) is 2.63. The number of hydrogen-bond acceptors (Lipinski definition) is 3. The van der Waals surface area contributed by atoms with E-state index in [4.69, 9.17) is 0 Å². The van der Waals surface area contributed by atoms with Gasteiger partial charge in [0, 0.05) is 15.9 Å². The van der Waals surface area contributed by atoms with Gasteiger partial charge in [-0.3, -0.25) is 9.59 Å². The Morgan fingerprint density at radius 1 is 1.11 bits per heavy atom. The number of carbonyl (C=O) groups is 2. The largest absolute Gasteiger partial charge is 0.618 e. The average Bonchev–Trinajstić information content (AvgIpc) is 2.33. The first-order chi connectivity index (χ1) is 8.58. The van der Waals surface area contributed by atoms with E-state index < -0.39 is 11.8 Å². The highest BCUT2D eigenvalue weighted by Crippen LogP contribution is 2.22. The molecule has 0 saturated heterocycles. The van der Waals surface area contributed by atoms with Gasteiger partial charge in [0.05, 0.1) is 0 Å². The highest BCUT2D eigenvalue weighted by atomic mass is 79.9. The van der Waals surface area contributed by atoms with Crippen molar-refractivity contribution in [1.82, 2.24) is 0 Å². The van der Waals surface area contributed by atoms with Crippen LogP contribution in [0.3, 0.4) is 0 Å². The zero-order chi connectivity index (χ0) is 12.9. The molecular formula is C11H4BrN3O3. The molecule has 1 aromatic carbocycles. The van der Waals surface area contributed by atoms with Gasteiger partial charge in [0.1, 0.15) is 5.56 Å². The van der Waals surface area contributed by atoms with Crippen LogP contribution in [0.1, 0.15) is 20.8 Å². The lowest BCUT2D eigenvalue weighted by Crippen LogP contribution is -2.38. The lowest BCUT2D eigenvalue weighted by Gasteiger charge is -2.10. The van der Waals surface area contributed by atoms with Gasteiger partial charge in [-0.2, -0.15) is 4.73 Å². The van der Waals surface area contributed by atoms with Crippen LogP contribution in [0.25, 0.3) is 10.9 Å². The number of hydrogen-bond donors (Lipinski definition) is 0. The fourth-order valence-corrected chi connectivity index (χ4v) is 2.22. The number of halogens is 1. The molecule has 6 nitrogen and oxygen atoms in total. The molecule has 1 aromatic heterocycles. The molecule has 0 bridgehead atoms. The van der Waals surface area contributed by atoms with Crippen molar-refractivity contribution in [3.05, 3.63) is 45.2 Å². The topological polar surface area (TPSA) is 85.8 Å². The normalized spacial score (nSPS) is 14.1. The van der Waals surface area contributed by atoms with Crippen molar-refractivity contribution in [2.45, 2.75) is 0 Å². The molecule has 2 heterocycles. The Kier molecular flexibility index (Phi) is 2.24. The van der Waals surface area contributed by atoms with Gasteiger partial charge in [0.2, 0.25) is 5.52 Å². The highest BCUT2D eigenvalue weighted by molar-refractivity contribution is 9.10. The summed E-state index contributed by atoms with van der Waals surface area (Å²) in [5, 5.41) is 19.0. The van der Waals surface area contributed by atoms with Gasteiger partial charge in [-0.15, -0.1) is 5.11 Å². The van der Waals surface area contributed by atoms with Crippen LogP contribution < -0.4 is 4.73 Å². The van der Waals surface area contributed by atoms with Crippen molar-refractivity contribution in [2.24, 2.45) is 10.2 Å². The SMILES string of the molecule is O=C1N=NC(=O)c2c1cc1cc(Br)ccc1[n+]2[O-]. The quantitative estimate of drug-likeness (QED) is 0.551. The lowest BCUT2D eigenvalue weighted by atomic mass is 10.1. The van der Waals surface area contributed by atoms with Crippen LogP contribution in [0.15, 0.2) is 39.0 Å². The van der Waals surface area contributed by atoms with E-state index in [9.17, 15) is 14.8 Å². The summed E-state index contributed by atoms with van der Waals surface area (Å²) in [6.45, 7) is 0. The zero-order valence-electron chi connectivity index (χ0n) is 8.75. The summed E-state index contributed by atoms with van der Waals surface area (Å²) < 4.78 is 1.20. The Bertz CT molecular complexity index is 755. The molecule has 0 N–H and O–H groups in total. The lowest BCUT2D eigenvalue weighted by molar-refractivity contribution is -0.579. The Labute approximate surface area is 109 Å². The number of pyridine rings is 1. The molecule has 2 aromatic rings. The van der Waals surface area contributed by atoms with Gasteiger partial charge < -0.3 is 5.21 Å². The van der Waals surface area contributed by atoms with E-state index in [2.05, 4.69) is 26.2 Å². The Hall–Kier alpha value is -2.15. The predicted molar refractivity (Wildman–Crippen MR) is 64.1 cm³/mol. The van der Waals surface area contributed by atoms with E-state index in [-0.39, 0.29) is 11.3 Å². The maximum atomic E-state index is 12.1. The molecule has 0 aliphatic carbocycles. The molecule has 0 spiro atoms. The number of benzene rings is 1. The Morgan fingerprint density at radius 2 is 1.83 bits per heavy atom. The van der Waals surface area contributed by atoms with Crippen molar-refractivity contribution in [2.75, 3.05) is 0 Å². The molecule has 18 heavy (non-hydrogen) atoms. The number of carbonyl (C=O) groups excluding carboxylic acids is 2. The van der Waals surface area contributed by atoms with Crippen LogP contribution in [0, 0.1) is 5.21 Å². The smallest absolute Gasteiger partial charge is 0.362 e. The molecule has 0 fully saturated rings. The summed E-state index contributed by atoms with van der Waals surface area (Å²) in [7, 11) is 0. The van der Waals surface area contributed by atoms with Gasteiger partial charge in [-0.25, -0.2) is 0 Å². The number of aromatic nitrogens is 1. The summed E-state index contributed by atoms with van der Waals surface area (Å²) in [6, 6.07) is 6.41. The van der Waals surface area contributed by atoms with Crippen molar-refractivity contribution >= 4 is 38.6 Å². The van der Waals surface area contributed by atoms with E-state index in [1.807, 2.05) is 0 Å². The number of azo groups is 1. The first-order valence-electron chi connectivity index (χ1n) is 4.94. The van der Waals surface area contributed by atoms with Crippen LogP contribution in [0.4, 0.5) is 0 Å². The molecule has 0 radical (unpaired) electrons. The zero-order valence-corrected chi connectivity index (χ0v) is 10.3. The van der Waals surface area contributed by atoms with E-state index in [0.717, 1.165) is 4.47 Å². The molecule has 88 valence electrons. The first-order valence-corrected chi connectivity index (χ1v) is 5.73. The minimum absolute atomic E-state index is 0.0180. The molecular weight excluding hydrogens is 302 g/mol. The standard InChI is InChI=1S/C11H4BrN3O3/c12-6-1-2-8-5(3-6)4-7-9(15(8)18)11(17)14-13-10(7)16/h1-4H. The Morgan fingerprint density at radius 3 is 2.61 bits per heavy atom. The molecule has 1 aliphatic rings. The summed E-state index contributed by atoms with van der Waals surface area (Å²) in [4.78, 5) is 23.1. The number of nitrogens with zero attached hydrogens (tertiary/aromatic N) is 3. The van der Waals surface area contributed by atoms with E-state index >= 15 is 0 Å². The van der Waals surface area contributed by atoms with E-state index in [1.54, 1.807) is 18.2 Å². The van der Waals surface area contributed by atoms with Crippen LogP contribution in [0.5, 0.6) is 0 Å². The molecule has 3 rings (SSSR count). The van der Waals surface area contributed by atoms with Gasteiger partial charge in [0.25, 0.3) is 5.69 Å². The average molecular weight is 306 g/mol. The molecule has 1 aliphatic heterocycles. The van der Waals surface area contributed by atoms with Gasteiger partial charge in [-0.1, -0.05) is 21.0 Å². The second-order valence-corrected chi connectivity index (χ2v) is 4.63. The number of amides is 2. The summed E-state index contributed by atoms with van der Waals surface area (Å²) in [5.41, 5.74) is 0.00984. The fraction of sp³-hybridized carbons (Fsp3) is 0. The monoisotopic (exact) mass is 305 g/mol. The van der Waals surface area contributed by atoms with Crippen molar-refractivity contribution in [3.8, 4) is 0 Å². The fourth-order valence-electron chi connectivity index (χ4n) is 1.84. The van der Waals surface area contributed by atoms with Crippen LogP contribution in [-0.2, 0) is 0 Å². The summed E-state index contributed by atoms with van der Waals surface area (Å²) in [6.07, 6.45) is 0. The maximum Gasteiger partial charge on any atom is 0.362 e. The van der Waals surface area contributed by atoms with E-state index in [1.165, 1.54) is 6.07 Å².